The molecule has 0 bridgehead atoms. The smallest absolute Gasteiger partial charge is 0.303 e. The predicted octanol–water partition coefficient (Wildman–Crippen LogP) is 6.70. The molecule has 0 aliphatic carbocycles. The van der Waals surface area contributed by atoms with Crippen LogP contribution in [-0.4, -0.2) is 33.8 Å². The molecule has 188 valence electrons. The first kappa shape index (κ1) is 26.9. The molecule has 1 heterocycles. The summed E-state index contributed by atoms with van der Waals surface area (Å²) in [5, 5.41) is 8.91. The van der Waals surface area contributed by atoms with Gasteiger partial charge in [-0.05, 0) is 57.9 Å². The van der Waals surface area contributed by atoms with Gasteiger partial charge in [0, 0.05) is 49.4 Å². The maximum Gasteiger partial charge on any atom is 0.303 e. The van der Waals surface area contributed by atoms with Gasteiger partial charge in [-0.3, -0.25) is 14.5 Å². The molecule has 0 unspecified atom stereocenters. The van der Waals surface area contributed by atoms with Crippen molar-refractivity contribution in [2.24, 2.45) is 0 Å². The standard InChI is InChI=1S/C31H36N2O3/c1-24-19-20-28-27(23-24)31(3,4)29(33(28)22-14-8-12-18-30(35)36)17-11-5-6-13-21-32(25(2)34)26-15-9-7-10-16-26/h5-7,9-11,13,15-17,19-21,23H,8,12,14,18,22H2,1-4H3/p+1. The summed E-state index contributed by atoms with van der Waals surface area (Å²) in [6.07, 6.45) is 14.5. The van der Waals surface area contributed by atoms with Crippen LogP contribution in [0.3, 0.4) is 0 Å². The normalized spacial score (nSPS) is 14.8. The fourth-order valence-corrected chi connectivity index (χ4v) is 4.63. The zero-order chi connectivity index (χ0) is 26.1. The third kappa shape index (κ3) is 6.69. The number of nitrogens with zero attached hydrogens (tertiary/aromatic N) is 2. The lowest BCUT2D eigenvalue weighted by molar-refractivity contribution is -0.438. The van der Waals surface area contributed by atoms with Gasteiger partial charge in [-0.2, -0.15) is 4.58 Å². The predicted molar refractivity (Wildman–Crippen MR) is 147 cm³/mol. The van der Waals surface area contributed by atoms with Crippen molar-refractivity contribution in [2.75, 3.05) is 11.4 Å². The number of carboxylic acids is 1. The monoisotopic (exact) mass is 485 g/mol. The molecule has 0 aromatic heterocycles. The minimum atomic E-state index is -0.732. The van der Waals surface area contributed by atoms with Gasteiger partial charge in [0.05, 0.1) is 5.41 Å². The van der Waals surface area contributed by atoms with E-state index in [1.54, 1.807) is 18.0 Å². The van der Waals surface area contributed by atoms with Gasteiger partial charge in [0.2, 0.25) is 11.6 Å². The number of unbranched alkanes of at least 4 members (excludes halogenated alkanes) is 2. The summed E-state index contributed by atoms with van der Waals surface area (Å²) < 4.78 is 2.38. The maximum atomic E-state index is 12.0. The molecule has 1 aliphatic heterocycles. The third-order valence-electron chi connectivity index (χ3n) is 6.52. The average molecular weight is 486 g/mol. The highest BCUT2D eigenvalue weighted by atomic mass is 16.4. The number of aliphatic carboxylic acids is 1. The number of carbonyl (C=O) groups is 2. The lowest BCUT2D eigenvalue weighted by atomic mass is 9.81. The number of benzene rings is 2. The van der Waals surface area contributed by atoms with Crippen LogP contribution in [-0.2, 0) is 15.0 Å². The molecule has 1 aliphatic rings. The van der Waals surface area contributed by atoms with Crippen LogP contribution in [0.1, 0.15) is 57.6 Å². The van der Waals surface area contributed by atoms with Crippen molar-refractivity contribution in [2.45, 2.75) is 58.8 Å². The molecule has 5 heteroatoms. The number of carbonyl (C=O) groups excluding carboxylic acids is 1. The molecular weight excluding hydrogens is 448 g/mol. The fourth-order valence-electron chi connectivity index (χ4n) is 4.63. The van der Waals surface area contributed by atoms with E-state index in [9.17, 15) is 9.59 Å². The zero-order valence-electron chi connectivity index (χ0n) is 21.8. The van der Waals surface area contributed by atoms with Crippen LogP contribution in [0.5, 0.6) is 0 Å². The Balaban J connectivity index is 1.77. The van der Waals surface area contributed by atoms with Crippen LogP contribution in [0, 0.1) is 6.92 Å². The van der Waals surface area contributed by atoms with Gasteiger partial charge < -0.3 is 5.11 Å². The lowest BCUT2D eigenvalue weighted by Crippen LogP contribution is -2.28. The summed E-state index contributed by atoms with van der Waals surface area (Å²) in [5.41, 5.74) is 5.71. The molecule has 0 fully saturated rings. The number of para-hydroxylation sites is 1. The topological polar surface area (TPSA) is 60.6 Å². The van der Waals surface area contributed by atoms with Crippen molar-refractivity contribution in [3.05, 3.63) is 96.2 Å². The van der Waals surface area contributed by atoms with Gasteiger partial charge >= 0.3 is 5.97 Å². The van der Waals surface area contributed by atoms with E-state index in [0.717, 1.165) is 25.1 Å². The van der Waals surface area contributed by atoms with Crippen LogP contribution in [0.2, 0.25) is 0 Å². The first-order chi connectivity index (χ1) is 17.2. The molecule has 0 spiro atoms. The summed E-state index contributed by atoms with van der Waals surface area (Å²) >= 11 is 0. The first-order valence-corrected chi connectivity index (χ1v) is 12.6. The van der Waals surface area contributed by atoms with E-state index in [2.05, 4.69) is 49.6 Å². The second-order valence-electron chi connectivity index (χ2n) is 9.70. The Bertz CT molecular complexity index is 1200. The zero-order valence-corrected chi connectivity index (χ0v) is 21.8. The van der Waals surface area contributed by atoms with Crippen molar-refractivity contribution >= 4 is 29.0 Å². The molecule has 0 saturated carbocycles. The van der Waals surface area contributed by atoms with Crippen molar-refractivity contribution < 1.29 is 19.3 Å². The fraction of sp³-hybridized carbons (Fsp3) is 0.323. The second-order valence-corrected chi connectivity index (χ2v) is 9.70. The Hall–Kier alpha value is -3.73. The summed E-state index contributed by atoms with van der Waals surface area (Å²) in [6, 6.07) is 16.2. The van der Waals surface area contributed by atoms with Gasteiger partial charge in [-0.25, -0.2) is 0 Å². The van der Waals surface area contributed by atoms with Crippen LogP contribution in [0.4, 0.5) is 11.4 Å². The molecular formula is C31H37N2O3+. The number of allylic oxidation sites excluding steroid dienone is 5. The maximum absolute atomic E-state index is 12.0. The number of amides is 1. The lowest BCUT2D eigenvalue weighted by Gasteiger charge is -2.16. The number of hydrogen-bond donors (Lipinski definition) is 1. The Morgan fingerprint density at radius 1 is 0.972 bits per heavy atom. The highest BCUT2D eigenvalue weighted by molar-refractivity contribution is 6.03. The van der Waals surface area contributed by atoms with E-state index >= 15 is 0 Å². The molecule has 3 rings (SSSR count). The van der Waals surface area contributed by atoms with E-state index in [-0.39, 0.29) is 17.7 Å². The summed E-state index contributed by atoms with van der Waals surface area (Å²) in [5.74, 6) is -0.777. The largest absolute Gasteiger partial charge is 0.481 e. The number of carboxylic acid groups (broad SMARTS) is 1. The van der Waals surface area contributed by atoms with E-state index in [1.807, 2.05) is 54.6 Å². The Morgan fingerprint density at radius 3 is 2.39 bits per heavy atom. The Morgan fingerprint density at radius 2 is 1.69 bits per heavy atom. The highest BCUT2D eigenvalue weighted by Crippen LogP contribution is 2.40. The van der Waals surface area contributed by atoms with Gasteiger partial charge in [0.15, 0.2) is 5.71 Å². The Kier molecular flexibility index (Phi) is 9.18. The third-order valence-corrected chi connectivity index (χ3v) is 6.52. The van der Waals surface area contributed by atoms with Crippen LogP contribution >= 0.6 is 0 Å². The van der Waals surface area contributed by atoms with Gasteiger partial charge in [0.1, 0.15) is 6.54 Å². The summed E-state index contributed by atoms with van der Waals surface area (Å²) in [4.78, 5) is 24.5. The molecule has 0 radical (unpaired) electrons. The molecule has 0 atom stereocenters. The van der Waals surface area contributed by atoms with Crippen LogP contribution in [0.15, 0.2) is 85.1 Å². The van der Waals surface area contributed by atoms with E-state index in [0.29, 0.717) is 6.42 Å². The van der Waals surface area contributed by atoms with E-state index in [1.165, 1.54) is 22.5 Å². The second kappa shape index (κ2) is 12.3. The van der Waals surface area contributed by atoms with Crippen LogP contribution < -0.4 is 4.90 Å². The molecule has 36 heavy (non-hydrogen) atoms. The minimum absolute atomic E-state index is 0.0447. The van der Waals surface area contributed by atoms with Crippen molar-refractivity contribution in [1.29, 1.82) is 0 Å². The van der Waals surface area contributed by atoms with E-state index in [4.69, 9.17) is 5.11 Å². The minimum Gasteiger partial charge on any atom is -0.481 e. The molecule has 0 saturated heterocycles. The molecule has 1 N–H and O–H groups in total. The van der Waals surface area contributed by atoms with Gasteiger partial charge in [-0.1, -0.05) is 48.1 Å². The number of fused-ring (bicyclic) bond motifs is 1. The van der Waals surface area contributed by atoms with Crippen LogP contribution in [0.25, 0.3) is 0 Å². The van der Waals surface area contributed by atoms with Crippen molar-refractivity contribution in [3.8, 4) is 0 Å². The summed E-state index contributed by atoms with van der Waals surface area (Å²) in [7, 11) is 0. The number of aryl methyl sites for hydroxylation is 1. The summed E-state index contributed by atoms with van der Waals surface area (Å²) in [6.45, 7) is 9.03. The molecule has 5 nitrogen and oxygen atoms in total. The van der Waals surface area contributed by atoms with Crippen molar-refractivity contribution in [3.63, 3.8) is 0 Å². The average Bonchev–Trinajstić information content (AvgIpc) is 3.04. The molecule has 1 amide bonds. The highest BCUT2D eigenvalue weighted by Gasteiger charge is 2.43. The van der Waals surface area contributed by atoms with E-state index < -0.39 is 5.97 Å². The van der Waals surface area contributed by atoms with Gasteiger partial charge in [-0.15, -0.1) is 0 Å². The first-order valence-electron chi connectivity index (χ1n) is 12.6. The number of anilines is 1. The number of rotatable bonds is 11. The number of hydrogen-bond acceptors (Lipinski definition) is 2. The van der Waals surface area contributed by atoms with Crippen molar-refractivity contribution in [1.82, 2.24) is 0 Å². The SMILES string of the molecule is CC(=O)N(/C=C/C=C/C=C/C1=[N+](CCCCCC(=O)O)c2ccc(C)cc2C1(C)C)c1ccccc1. The van der Waals surface area contributed by atoms with Gasteiger partial charge in [0.25, 0.3) is 0 Å². The quantitative estimate of drug-likeness (QED) is 0.219. The molecule has 2 aromatic rings. The Labute approximate surface area is 214 Å². The molecule has 2 aromatic carbocycles.